The predicted molar refractivity (Wildman–Crippen MR) is 89.9 cm³/mol. The van der Waals surface area contributed by atoms with Crippen molar-refractivity contribution in [3.05, 3.63) is 33.8 Å². The summed E-state index contributed by atoms with van der Waals surface area (Å²) in [6.45, 7) is 2.53. The van der Waals surface area contributed by atoms with E-state index < -0.39 is 12.0 Å². The highest BCUT2D eigenvalue weighted by Gasteiger charge is 2.29. The maximum Gasteiger partial charge on any atom is 0.320 e. The number of aliphatic carboxylic acids is 1. The fourth-order valence-corrected chi connectivity index (χ4v) is 3.43. The lowest BCUT2D eigenvalue weighted by Gasteiger charge is -2.32. The van der Waals surface area contributed by atoms with Gasteiger partial charge in [-0.15, -0.1) is 0 Å². The number of carbonyl (C=O) groups is 2. The summed E-state index contributed by atoms with van der Waals surface area (Å²) in [6.07, 6.45) is 2.38. The summed E-state index contributed by atoms with van der Waals surface area (Å²) in [7, 11) is 0. The van der Waals surface area contributed by atoms with Gasteiger partial charge in [-0.1, -0.05) is 35.7 Å². The van der Waals surface area contributed by atoms with Crippen molar-refractivity contribution in [2.75, 3.05) is 13.1 Å². The van der Waals surface area contributed by atoms with Crippen LogP contribution >= 0.6 is 23.2 Å². The summed E-state index contributed by atoms with van der Waals surface area (Å²) in [5.74, 6) is -1.08. The quantitative estimate of drug-likeness (QED) is 0.848. The monoisotopic (exact) mass is 358 g/mol. The van der Waals surface area contributed by atoms with Gasteiger partial charge in [0.25, 0.3) is 0 Å². The minimum Gasteiger partial charge on any atom is -0.480 e. The van der Waals surface area contributed by atoms with E-state index in [-0.39, 0.29) is 18.5 Å². The molecule has 1 aliphatic rings. The first-order valence-electron chi connectivity index (χ1n) is 7.59. The Labute approximate surface area is 145 Å². The minimum atomic E-state index is -0.869. The van der Waals surface area contributed by atoms with Crippen molar-refractivity contribution in [1.82, 2.24) is 10.2 Å². The predicted octanol–water partition coefficient (Wildman–Crippen LogP) is 3.11. The normalized spacial score (nSPS) is 20.0. The van der Waals surface area contributed by atoms with Crippen LogP contribution in [0.25, 0.3) is 0 Å². The summed E-state index contributed by atoms with van der Waals surface area (Å²) >= 11 is 12.0. The van der Waals surface area contributed by atoms with Crippen molar-refractivity contribution >= 4 is 35.1 Å². The number of hydrogen-bond donors (Lipinski definition) is 2. The maximum atomic E-state index is 12.2. The highest BCUT2D eigenvalue weighted by atomic mass is 35.5. The Bertz CT molecular complexity index is 595. The molecule has 1 aromatic carbocycles. The molecule has 1 aliphatic heterocycles. The van der Waals surface area contributed by atoms with Crippen molar-refractivity contribution in [2.24, 2.45) is 0 Å². The van der Waals surface area contributed by atoms with Gasteiger partial charge in [-0.2, -0.15) is 0 Å². The molecule has 2 atom stereocenters. The number of piperidine rings is 1. The lowest BCUT2D eigenvalue weighted by atomic mass is 10.0. The number of benzene rings is 1. The van der Waals surface area contributed by atoms with Crippen LogP contribution in [0.1, 0.15) is 37.8 Å². The molecular weight excluding hydrogens is 339 g/mol. The molecule has 2 N–H and O–H groups in total. The lowest BCUT2D eigenvalue weighted by Crippen LogP contribution is -2.49. The molecular formula is C16H20Cl2N2O3. The summed E-state index contributed by atoms with van der Waals surface area (Å²) in [5, 5.41) is 13.1. The van der Waals surface area contributed by atoms with Gasteiger partial charge < -0.3 is 10.4 Å². The molecule has 126 valence electrons. The Hall–Kier alpha value is -1.30. The second kappa shape index (κ2) is 7.99. The van der Waals surface area contributed by atoms with E-state index >= 15 is 0 Å². The molecule has 5 nitrogen and oxygen atoms in total. The Balaban J connectivity index is 1.96. The molecule has 1 fully saturated rings. The minimum absolute atomic E-state index is 0.0759. The topological polar surface area (TPSA) is 69.6 Å². The third-order valence-corrected chi connectivity index (χ3v) is 4.61. The van der Waals surface area contributed by atoms with E-state index in [9.17, 15) is 14.7 Å². The highest BCUT2D eigenvalue weighted by Crippen LogP contribution is 2.26. The highest BCUT2D eigenvalue weighted by molar-refractivity contribution is 6.35. The first kappa shape index (κ1) is 18.0. The van der Waals surface area contributed by atoms with Crippen LogP contribution in [-0.4, -0.2) is 41.0 Å². The van der Waals surface area contributed by atoms with Gasteiger partial charge in [-0.05, 0) is 44.0 Å². The van der Waals surface area contributed by atoms with Gasteiger partial charge in [0.2, 0.25) is 5.91 Å². The maximum absolute atomic E-state index is 12.2. The summed E-state index contributed by atoms with van der Waals surface area (Å²) in [4.78, 5) is 25.2. The van der Waals surface area contributed by atoms with Gasteiger partial charge in [0.1, 0.15) is 6.04 Å². The summed E-state index contributed by atoms with van der Waals surface area (Å²) in [5.41, 5.74) is 0.776. The van der Waals surface area contributed by atoms with Gasteiger partial charge >= 0.3 is 5.97 Å². The van der Waals surface area contributed by atoms with Gasteiger partial charge in [0, 0.05) is 10.0 Å². The number of likely N-dealkylation sites (tertiary alicyclic amines) is 1. The van der Waals surface area contributed by atoms with E-state index in [1.54, 1.807) is 23.1 Å². The molecule has 2 unspecified atom stereocenters. The number of nitrogens with zero attached hydrogens (tertiary/aromatic N) is 1. The number of rotatable bonds is 5. The number of carboxylic acids is 1. The average molecular weight is 359 g/mol. The van der Waals surface area contributed by atoms with Crippen molar-refractivity contribution in [3.8, 4) is 0 Å². The summed E-state index contributed by atoms with van der Waals surface area (Å²) in [6, 6.07) is 4.27. The molecule has 0 aromatic heterocycles. The fourth-order valence-electron chi connectivity index (χ4n) is 2.86. The molecule has 23 heavy (non-hydrogen) atoms. The van der Waals surface area contributed by atoms with Crippen LogP contribution < -0.4 is 5.32 Å². The molecule has 2 rings (SSSR count). The molecule has 0 bridgehead atoms. The molecule has 1 aromatic rings. The van der Waals surface area contributed by atoms with E-state index in [1.165, 1.54) is 0 Å². The molecule has 1 heterocycles. The molecule has 0 spiro atoms. The van der Waals surface area contributed by atoms with Gasteiger partial charge in [0.05, 0.1) is 12.6 Å². The number of halogens is 2. The van der Waals surface area contributed by atoms with Crippen molar-refractivity contribution < 1.29 is 14.7 Å². The molecule has 0 aliphatic carbocycles. The molecule has 0 saturated carbocycles. The van der Waals surface area contributed by atoms with Gasteiger partial charge in [-0.3, -0.25) is 14.5 Å². The van der Waals surface area contributed by atoms with E-state index in [0.29, 0.717) is 23.0 Å². The van der Waals surface area contributed by atoms with E-state index in [0.717, 1.165) is 18.4 Å². The number of carboxylic acid groups (broad SMARTS) is 1. The Kier molecular flexibility index (Phi) is 6.27. The standard InChI is InChI=1S/C16H20Cl2N2O3/c1-10(12-6-5-11(17)8-13(12)18)19-15(21)9-20-7-3-2-4-14(20)16(22)23/h5-6,8,10,14H,2-4,7,9H2,1H3,(H,19,21)(H,22,23). The first-order valence-corrected chi connectivity index (χ1v) is 8.35. The van der Waals surface area contributed by atoms with Crippen molar-refractivity contribution in [3.63, 3.8) is 0 Å². The number of amides is 1. The lowest BCUT2D eigenvalue weighted by molar-refractivity contribution is -0.145. The third-order valence-electron chi connectivity index (χ3n) is 4.05. The van der Waals surface area contributed by atoms with Crippen molar-refractivity contribution in [1.29, 1.82) is 0 Å². The van der Waals surface area contributed by atoms with Crippen LogP contribution in [0.2, 0.25) is 10.0 Å². The van der Waals surface area contributed by atoms with Crippen LogP contribution in [0.4, 0.5) is 0 Å². The zero-order valence-electron chi connectivity index (χ0n) is 12.9. The van der Waals surface area contributed by atoms with Crippen molar-refractivity contribution in [2.45, 2.75) is 38.3 Å². The zero-order valence-corrected chi connectivity index (χ0v) is 14.4. The van der Waals surface area contributed by atoms with E-state index in [4.69, 9.17) is 23.2 Å². The second-order valence-corrected chi connectivity index (χ2v) is 6.62. The smallest absolute Gasteiger partial charge is 0.320 e. The number of carbonyl (C=O) groups excluding carboxylic acids is 1. The number of hydrogen-bond acceptors (Lipinski definition) is 3. The Morgan fingerprint density at radius 3 is 2.78 bits per heavy atom. The first-order chi connectivity index (χ1) is 10.9. The van der Waals surface area contributed by atoms with E-state index in [1.807, 2.05) is 6.92 Å². The average Bonchev–Trinajstić information content (AvgIpc) is 2.47. The summed E-state index contributed by atoms with van der Waals surface area (Å²) < 4.78 is 0. The SMILES string of the molecule is CC(NC(=O)CN1CCCCC1C(=O)O)c1ccc(Cl)cc1Cl. The van der Waals surface area contributed by atoms with Crippen LogP contribution in [0.5, 0.6) is 0 Å². The molecule has 0 radical (unpaired) electrons. The molecule has 1 saturated heterocycles. The van der Waals surface area contributed by atoms with Crippen LogP contribution in [0.3, 0.4) is 0 Å². The fraction of sp³-hybridized carbons (Fsp3) is 0.500. The van der Waals surface area contributed by atoms with E-state index in [2.05, 4.69) is 5.32 Å². The zero-order chi connectivity index (χ0) is 17.0. The largest absolute Gasteiger partial charge is 0.480 e. The van der Waals surface area contributed by atoms with Crippen LogP contribution in [0, 0.1) is 0 Å². The van der Waals surface area contributed by atoms with Crippen LogP contribution in [0.15, 0.2) is 18.2 Å². The third kappa shape index (κ3) is 4.83. The number of nitrogens with one attached hydrogen (secondary N) is 1. The Morgan fingerprint density at radius 1 is 1.39 bits per heavy atom. The van der Waals surface area contributed by atoms with Crippen LogP contribution in [-0.2, 0) is 9.59 Å². The van der Waals surface area contributed by atoms with Gasteiger partial charge in [0.15, 0.2) is 0 Å². The molecule has 1 amide bonds. The molecule has 7 heteroatoms. The second-order valence-electron chi connectivity index (χ2n) is 5.78. The Morgan fingerprint density at radius 2 is 2.13 bits per heavy atom. The van der Waals surface area contributed by atoms with Gasteiger partial charge in [-0.25, -0.2) is 0 Å².